The van der Waals surface area contributed by atoms with Gasteiger partial charge in [0.15, 0.2) is 5.11 Å². The molecular formula is C26H22ClN3O4S. The second-order valence-electron chi connectivity index (χ2n) is 7.79. The molecule has 9 heteroatoms. The molecule has 1 aliphatic rings. The summed E-state index contributed by atoms with van der Waals surface area (Å²) in [6.07, 6.45) is 1.94. The van der Waals surface area contributed by atoms with Gasteiger partial charge >= 0.3 is 0 Å². The Balaban J connectivity index is 1.41. The summed E-state index contributed by atoms with van der Waals surface area (Å²) in [4.78, 5) is 39.1. The number of hydrogen-bond acceptors (Lipinski definition) is 5. The van der Waals surface area contributed by atoms with Gasteiger partial charge in [0.1, 0.15) is 5.75 Å². The van der Waals surface area contributed by atoms with Gasteiger partial charge in [-0.05, 0) is 67.2 Å². The first-order valence-corrected chi connectivity index (χ1v) is 11.8. The molecule has 7 nitrogen and oxygen atoms in total. The minimum Gasteiger partial charge on any atom is -0.494 e. The fourth-order valence-electron chi connectivity index (χ4n) is 3.56. The Morgan fingerprint density at radius 3 is 2.37 bits per heavy atom. The van der Waals surface area contributed by atoms with Gasteiger partial charge in [-0.15, -0.1) is 0 Å². The third-order valence-electron chi connectivity index (χ3n) is 5.34. The number of benzene rings is 3. The molecule has 4 rings (SSSR count). The van der Waals surface area contributed by atoms with Gasteiger partial charge in [-0.2, -0.15) is 0 Å². The van der Waals surface area contributed by atoms with Gasteiger partial charge in [-0.1, -0.05) is 43.1 Å². The number of carbonyl (C=O) groups excluding carboxylic acids is 3. The van der Waals surface area contributed by atoms with Crippen LogP contribution in [0, 0.1) is 0 Å². The molecule has 0 radical (unpaired) electrons. The van der Waals surface area contributed by atoms with E-state index in [1.54, 1.807) is 60.7 Å². The minimum atomic E-state index is -0.411. The number of thiocarbonyl (C=S) groups is 1. The smallest absolute Gasteiger partial charge is 0.266 e. The normalized spacial score (nSPS) is 12.3. The number of anilines is 2. The maximum Gasteiger partial charge on any atom is 0.266 e. The average Bonchev–Trinajstić information content (AvgIpc) is 3.11. The Morgan fingerprint density at radius 1 is 1.00 bits per heavy atom. The molecule has 0 saturated carbocycles. The van der Waals surface area contributed by atoms with Crippen LogP contribution in [0.1, 0.15) is 50.8 Å². The highest BCUT2D eigenvalue weighted by Gasteiger charge is 2.36. The Labute approximate surface area is 213 Å². The lowest BCUT2D eigenvalue weighted by atomic mass is 10.1. The van der Waals surface area contributed by atoms with E-state index in [4.69, 9.17) is 28.6 Å². The third-order valence-corrected chi connectivity index (χ3v) is 5.86. The van der Waals surface area contributed by atoms with Gasteiger partial charge in [-0.3, -0.25) is 19.7 Å². The number of imide groups is 1. The van der Waals surface area contributed by atoms with Gasteiger partial charge in [0, 0.05) is 5.56 Å². The highest BCUT2D eigenvalue weighted by atomic mass is 35.5. The van der Waals surface area contributed by atoms with E-state index in [2.05, 4.69) is 17.6 Å². The largest absolute Gasteiger partial charge is 0.494 e. The van der Waals surface area contributed by atoms with Crippen LogP contribution in [-0.2, 0) is 0 Å². The van der Waals surface area contributed by atoms with E-state index in [1.165, 1.54) is 6.07 Å². The van der Waals surface area contributed by atoms with Crippen molar-refractivity contribution in [3.8, 4) is 5.75 Å². The van der Waals surface area contributed by atoms with E-state index in [-0.39, 0.29) is 10.1 Å². The van der Waals surface area contributed by atoms with Crippen LogP contribution in [0.25, 0.3) is 0 Å². The first-order chi connectivity index (χ1) is 16.9. The number of amides is 3. The van der Waals surface area contributed by atoms with Crippen LogP contribution in [0.4, 0.5) is 11.4 Å². The second kappa shape index (κ2) is 10.7. The first-order valence-electron chi connectivity index (χ1n) is 11.0. The van der Waals surface area contributed by atoms with Gasteiger partial charge in [0.25, 0.3) is 17.7 Å². The Morgan fingerprint density at radius 2 is 1.71 bits per heavy atom. The van der Waals surface area contributed by atoms with Crippen LogP contribution in [0.2, 0.25) is 5.02 Å². The molecule has 3 amide bonds. The maximum absolute atomic E-state index is 12.7. The van der Waals surface area contributed by atoms with Gasteiger partial charge in [0.2, 0.25) is 0 Å². The summed E-state index contributed by atoms with van der Waals surface area (Å²) in [5.74, 6) is -0.615. The molecule has 0 aliphatic carbocycles. The molecular weight excluding hydrogens is 486 g/mol. The van der Waals surface area contributed by atoms with Crippen molar-refractivity contribution < 1.29 is 19.1 Å². The van der Waals surface area contributed by atoms with Crippen molar-refractivity contribution in [1.29, 1.82) is 0 Å². The Kier molecular flexibility index (Phi) is 7.43. The molecule has 0 fully saturated rings. The molecule has 0 saturated heterocycles. The SMILES string of the molecule is CCCCOc1cccc(C(=O)NC(=S)Nc2ccc(N3C(=O)c4ccccc4C3=O)cc2Cl)c1. The number of rotatable bonds is 7. The molecule has 0 unspecified atom stereocenters. The number of carbonyl (C=O) groups is 3. The van der Waals surface area contributed by atoms with Crippen LogP contribution in [0.5, 0.6) is 5.75 Å². The van der Waals surface area contributed by atoms with Crippen molar-refractivity contribution in [2.24, 2.45) is 0 Å². The van der Waals surface area contributed by atoms with E-state index in [0.717, 1.165) is 17.7 Å². The van der Waals surface area contributed by atoms with E-state index in [9.17, 15) is 14.4 Å². The molecule has 178 valence electrons. The fraction of sp³-hybridized carbons (Fsp3) is 0.154. The molecule has 0 atom stereocenters. The van der Waals surface area contributed by atoms with Crippen molar-refractivity contribution in [3.05, 3.63) is 88.4 Å². The Hall–Kier alpha value is -3.75. The zero-order valence-electron chi connectivity index (χ0n) is 18.8. The van der Waals surface area contributed by atoms with E-state index < -0.39 is 17.7 Å². The topological polar surface area (TPSA) is 87.7 Å². The molecule has 35 heavy (non-hydrogen) atoms. The van der Waals surface area contributed by atoms with Crippen molar-refractivity contribution in [3.63, 3.8) is 0 Å². The van der Waals surface area contributed by atoms with E-state index >= 15 is 0 Å². The quantitative estimate of drug-likeness (QED) is 0.251. The number of unbranched alkanes of at least 4 members (excludes halogenated alkanes) is 1. The van der Waals surface area contributed by atoms with E-state index in [1.807, 2.05) is 0 Å². The average molecular weight is 508 g/mol. The molecule has 2 N–H and O–H groups in total. The number of halogens is 1. The van der Waals surface area contributed by atoms with Crippen molar-refractivity contribution in [1.82, 2.24) is 5.32 Å². The fourth-order valence-corrected chi connectivity index (χ4v) is 3.98. The standard InChI is InChI=1S/C26H22ClN3O4S/c1-2-3-13-34-18-8-6-7-16(14-18)23(31)29-26(35)28-22-12-11-17(15-21(22)27)30-24(32)19-9-4-5-10-20(19)25(30)33/h4-12,14-15H,2-3,13H2,1H3,(H2,28,29,31,35). The molecule has 0 bridgehead atoms. The van der Waals surface area contributed by atoms with E-state index in [0.29, 0.717) is 40.4 Å². The summed E-state index contributed by atoms with van der Waals surface area (Å²) in [7, 11) is 0. The highest BCUT2D eigenvalue weighted by Crippen LogP contribution is 2.32. The molecule has 1 heterocycles. The minimum absolute atomic E-state index is 0.0442. The monoisotopic (exact) mass is 507 g/mol. The molecule has 3 aromatic carbocycles. The summed E-state index contributed by atoms with van der Waals surface area (Å²) < 4.78 is 5.64. The lowest BCUT2D eigenvalue weighted by Gasteiger charge is -2.16. The predicted octanol–water partition coefficient (Wildman–Crippen LogP) is 5.45. The van der Waals surface area contributed by atoms with Crippen LogP contribution in [0.15, 0.2) is 66.7 Å². The van der Waals surface area contributed by atoms with Crippen LogP contribution >= 0.6 is 23.8 Å². The van der Waals surface area contributed by atoms with Crippen molar-refractivity contribution in [2.75, 3.05) is 16.8 Å². The number of fused-ring (bicyclic) bond motifs is 1. The van der Waals surface area contributed by atoms with Gasteiger partial charge in [0.05, 0.1) is 34.1 Å². The predicted molar refractivity (Wildman–Crippen MR) is 140 cm³/mol. The van der Waals surface area contributed by atoms with Crippen LogP contribution in [-0.4, -0.2) is 29.4 Å². The highest BCUT2D eigenvalue weighted by molar-refractivity contribution is 7.80. The van der Waals surface area contributed by atoms with Gasteiger partial charge < -0.3 is 10.1 Å². The summed E-state index contributed by atoms with van der Waals surface area (Å²) in [6.45, 7) is 2.65. The maximum atomic E-state index is 12.7. The number of nitrogens with one attached hydrogen (secondary N) is 2. The van der Waals surface area contributed by atoms with Crippen molar-refractivity contribution in [2.45, 2.75) is 19.8 Å². The molecule has 1 aliphatic heterocycles. The zero-order valence-corrected chi connectivity index (χ0v) is 20.4. The summed E-state index contributed by atoms with van der Waals surface area (Å²) in [5, 5.41) is 5.75. The Bertz CT molecular complexity index is 1290. The summed E-state index contributed by atoms with van der Waals surface area (Å²) >= 11 is 11.7. The lowest BCUT2D eigenvalue weighted by Crippen LogP contribution is -2.34. The van der Waals surface area contributed by atoms with Crippen LogP contribution < -0.4 is 20.3 Å². The summed E-state index contributed by atoms with van der Waals surface area (Å²) in [5.41, 5.74) is 1.84. The molecule has 0 aromatic heterocycles. The molecule has 0 spiro atoms. The lowest BCUT2D eigenvalue weighted by molar-refractivity contribution is 0.0923. The molecule has 3 aromatic rings. The van der Waals surface area contributed by atoms with Crippen molar-refractivity contribution >= 4 is 58.0 Å². The number of nitrogens with zero attached hydrogens (tertiary/aromatic N) is 1. The van der Waals surface area contributed by atoms with Crippen LogP contribution in [0.3, 0.4) is 0 Å². The van der Waals surface area contributed by atoms with Gasteiger partial charge in [-0.25, -0.2) is 4.90 Å². The number of hydrogen-bond donors (Lipinski definition) is 2. The third kappa shape index (κ3) is 5.34. The first kappa shape index (κ1) is 24.4. The number of ether oxygens (including phenoxy) is 1. The zero-order chi connectivity index (χ0) is 24.9. The second-order valence-corrected chi connectivity index (χ2v) is 8.61. The summed E-state index contributed by atoms with van der Waals surface area (Å²) in [6, 6.07) is 18.1.